The molecule has 3 aromatic rings. The summed E-state index contributed by atoms with van der Waals surface area (Å²) in [6, 6.07) is 5.89. The van der Waals surface area contributed by atoms with Crippen molar-refractivity contribution in [2.75, 3.05) is 13.1 Å². The summed E-state index contributed by atoms with van der Waals surface area (Å²) in [5.74, 6) is 2.56. The average molecular weight is 461 g/mol. The number of aryl methyl sites for hydroxylation is 2. The third-order valence-corrected chi connectivity index (χ3v) is 8.98. The van der Waals surface area contributed by atoms with E-state index in [4.69, 9.17) is 4.98 Å². The number of fused-ring (bicyclic) bond motifs is 1. The molecule has 2 aromatic heterocycles. The Morgan fingerprint density at radius 3 is 2.61 bits per heavy atom. The molecule has 0 N–H and O–H groups in total. The van der Waals surface area contributed by atoms with Gasteiger partial charge in [-0.1, -0.05) is 18.2 Å². The van der Waals surface area contributed by atoms with Gasteiger partial charge in [0, 0.05) is 25.7 Å². The molecule has 8 nitrogen and oxygen atoms in total. The second-order valence-electron chi connectivity index (χ2n) is 8.31. The van der Waals surface area contributed by atoms with Crippen molar-refractivity contribution < 1.29 is 8.42 Å². The summed E-state index contributed by atoms with van der Waals surface area (Å²) in [6.45, 7) is 6.07. The molecule has 0 spiro atoms. The van der Waals surface area contributed by atoms with Crippen LogP contribution in [0.15, 0.2) is 28.3 Å². The highest BCUT2D eigenvalue weighted by Gasteiger charge is 2.29. The average Bonchev–Trinajstić information content (AvgIpc) is 3.45. The summed E-state index contributed by atoms with van der Waals surface area (Å²) < 4.78 is 32.2. The van der Waals surface area contributed by atoms with Gasteiger partial charge in [-0.15, -0.1) is 10.2 Å². The lowest BCUT2D eigenvalue weighted by molar-refractivity contribution is 0.346. The number of thioether (sulfide) groups is 1. The molecular formula is C21H28N6O2S2. The van der Waals surface area contributed by atoms with Gasteiger partial charge in [-0.25, -0.2) is 13.4 Å². The zero-order chi connectivity index (χ0) is 21.6. The highest BCUT2D eigenvalue weighted by atomic mass is 32.2. The molecule has 31 heavy (non-hydrogen) atoms. The molecule has 10 heteroatoms. The minimum Gasteiger partial charge on any atom is -0.328 e. The van der Waals surface area contributed by atoms with Crippen LogP contribution in [0.4, 0.5) is 0 Å². The van der Waals surface area contributed by atoms with Gasteiger partial charge in [0.25, 0.3) is 0 Å². The molecule has 1 aliphatic carbocycles. The Morgan fingerprint density at radius 2 is 1.90 bits per heavy atom. The van der Waals surface area contributed by atoms with Crippen LogP contribution in [-0.2, 0) is 22.3 Å². The maximum Gasteiger partial charge on any atom is 0.243 e. The van der Waals surface area contributed by atoms with E-state index in [0.29, 0.717) is 29.8 Å². The lowest BCUT2D eigenvalue weighted by Gasteiger charge is -2.25. The zero-order valence-corrected chi connectivity index (χ0v) is 19.6. The van der Waals surface area contributed by atoms with Gasteiger partial charge in [0.05, 0.1) is 21.7 Å². The number of nitrogens with zero attached hydrogens (tertiary/aromatic N) is 6. The minimum absolute atomic E-state index is 0.339. The molecule has 1 saturated heterocycles. The quantitative estimate of drug-likeness (QED) is 0.499. The first kappa shape index (κ1) is 21.0. The van der Waals surface area contributed by atoms with Gasteiger partial charge in [0.15, 0.2) is 5.16 Å². The van der Waals surface area contributed by atoms with Crippen molar-refractivity contribution in [2.24, 2.45) is 0 Å². The van der Waals surface area contributed by atoms with Crippen LogP contribution >= 0.6 is 11.8 Å². The van der Waals surface area contributed by atoms with Crippen LogP contribution in [0.25, 0.3) is 11.0 Å². The van der Waals surface area contributed by atoms with Crippen molar-refractivity contribution in [3.8, 4) is 0 Å². The molecule has 5 rings (SSSR count). The number of aromatic nitrogens is 5. The molecule has 3 heterocycles. The van der Waals surface area contributed by atoms with E-state index in [-0.39, 0.29) is 0 Å². The van der Waals surface area contributed by atoms with Crippen LogP contribution in [-0.4, -0.2) is 50.1 Å². The fourth-order valence-electron chi connectivity index (χ4n) is 4.37. The number of benzene rings is 1. The van der Waals surface area contributed by atoms with E-state index in [2.05, 4.69) is 26.3 Å². The monoisotopic (exact) mass is 460 g/mol. The number of piperidine rings is 1. The summed E-state index contributed by atoms with van der Waals surface area (Å²) in [4.78, 5) is 5.16. The Balaban J connectivity index is 1.43. The first-order chi connectivity index (χ1) is 15.0. The molecule has 1 aliphatic heterocycles. The predicted molar refractivity (Wildman–Crippen MR) is 121 cm³/mol. The maximum atomic E-state index is 13.1. The van der Waals surface area contributed by atoms with Gasteiger partial charge in [0.1, 0.15) is 11.6 Å². The molecule has 2 fully saturated rings. The number of hydrogen-bond donors (Lipinski definition) is 0. The van der Waals surface area contributed by atoms with Crippen LogP contribution in [0.5, 0.6) is 0 Å². The molecule has 0 bridgehead atoms. The minimum atomic E-state index is -3.47. The van der Waals surface area contributed by atoms with Gasteiger partial charge in [0.2, 0.25) is 10.0 Å². The zero-order valence-electron chi connectivity index (χ0n) is 18.0. The standard InChI is InChI=1S/C21H28N6O2S2/c1-3-26-19-10-9-17(31(28,29)25-11-5-4-6-12-25)13-18(19)22-20(26)14-30-21-24-23-15(2)27(21)16-7-8-16/h9-10,13,16H,3-8,11-12,14H2,1-2H3. The molecule has 2 aliphatic rings. The molecule has 1 aromatic carbocycles. The van der Waals surface area contributed by atoms with Crippen molar-refractivity contribution in [1.29, 1.82) is 0 Å². The Kier molecular flexibility index (Phi) is 5.56. The second-order valence-corrected chi connectivity index (χ2v) is 11.2. The van der Waals surface area contributed by atoms with E-state index in [1.807, 2.05) is 13.0 Å². The van der Waals surface area contributed by atoms with E-state index in [0.717, 1.165) is 53.6 Å². The van der Waals surface area contributed by atoms with Gasteiger partial charge in [-0.3, -0.25) is 0 Å². The van der Waals surface area contributed by atoms with Crippen LogP contribution in [0.3, 0.4) is 0 Å². The fraction of sp³-hybridized carbons (Fsp3) is 0.571. The van der Waals surface area contributed by atoms with E-state index >= 15 is 0 Å². The lowest BCUT2D eigenvalue weighted by Crippen LogP contribution is -2.35. The summed E-state index contributed by atoms with van der Waals surface area (Å²) in [5, 5.41) is 9.54. The summed E-state index contributed by atoms with van der Waals surface area (Å²) in [5.41, 5.74) is 1.70. The molecular weight excluding hydrogens is 432 g/mol. The van der Waals surface area contributed by atoms with Crippen molar-refractivity contribution >= 4 is 32.8 Å². The normalized spacial score (nSPS) is 18.1. The van der Waals surface area contributed by atoms with Gasteiger partial charge < -0.3 is 9.13 Å². The second kappa shape index (κ2) is 8.22. The van der Waals surface area contributed by atoms with Gasteiger partial charge >= 0.3 is 0 Å². The molecule has 0 atom stereocenters. The molecule has 0 radical (unpaired) electrons. The number of imidazole rings is 1. The smallest absolute Gasteiger partial charge is 0.243 e. The molecule has 0 unspecified atom stereocenters. The van der Waals surface area contributed by atoms with E-state index in [1.165, 1.54) is 12.8 Å². The number of sulfonamides is 1. The van der Waals surface area contributed by atoms with Crippen LogP contribution in [0.1, 0.15) is 56.7 Å². The maximum absolute atomic E-state index is 13.1. The van der Waals surface area contributed by atoms with Crippen LogP contribution in [0, 0.1) is 6.92 Å². The Bertz CT molecular complexity index is 1210. The lowest BCUT2D eigenvalue weighted by atomic mass is 10.2. The number of rotatable bonds is 7. The summed E-state index contributed by atoms with van der Waals surface area (Å²) >= 11 is 1.65. The van der Waals surface area contributed by atoms with Crippen molar-refractivity contribution in [1.82, 2.24) is 28.6 Å². The first-order valence-corrected chi connectivity index (χ1v) is 13.4. The topological polar surface area (TPSA) is 85.9 Å². The molecule has 0 amide bonds. The molecule has 166 valence electrons. The largest absolute Gasteiger partial charge is 0.328 e. The van der Waals surface area contributed by atoms with E-state index in [9.17, 15) is 8.42 Å². The van der Waals surface area contributed by atoms with Crippen LogP contribution < -0.4 is 0 Å². The Morgan fingerprint density at radius 1 is 1.13 bits per heavy atom. The Labute approximate surface area is 187 Å². The van der Waals surface area contributed by atoms with E-state index < -0.39 is 10.0 Å². The van der Waals surface area contributed by atoms with Crippen molar-refractivity contribution in [2.45, 2.75) is 74.3 Å². The van der Waals surface area contributed by atoms with Crippen molar-refractivity contribution in [3.63, 3.8) is 0 Å². The molecule has 1 saturated carbocycles. The SMILES string of the molecule is CCn1c(CSc2nnc(C)n2C2CC2)nc2cc(S(=O)(=O)N3CCCCC3)ccc21. The van der Waals surface area contributed by atoms with Crippen molar-refractivity contribution in [3.05, 3.63) is 29.8 Å². The third-order valence-electron chi connectivity index (χ3n) is 6.15. The fourth-order valence-corrected chi connectivity index (χ4v) is 6.90. The Hall–Kier alpha value is -1.91. The van der Waals surface area contributed by atoms with E-state index in [1.54, 1.807) is 28.2 Å². The third kappa shape index (κ3) is 3.89. The highest BCUT2D eigenvalue weighted by molar-refractivity contribution is 7.98. The summed E-state index contributed by atoms with van der Waals surface area (Å²) in [6.07, 6.45) is 5.33. The van der Waals surface area contributed by atoms with Crippen LogP contribution in [0.2, 0.25) is 0 Å². The van der Waals surface area contributed by atoms with Gasteiger partial charge in [-0.05, 0) is 57.7 Å². The van der Waals surface area contributed by atoms with Gasteiger partial charge in [-0.2, -0.15) is 4.31 Å². The highest BCUT2D eigenvalue weighted by Crippen LogP contribution is 2.39. The summed E-state index contributed by atoms with van der Waals surface area (Å²) in [7, 11) is -3.47. The first-order valence-electron chi connectivity index (χ1n) is 11.0. The number of hydrogen-bond acceptors (Lipinski definition) is 6. The predicted octanol–water partition coefficient (Wildman–Crippen LogP) is 3.76.